The van der Waals surface area contributed by atoms with Crippen LogP contribution in [0.25, 0.3) is 33.1 Å². The molecule has 1 amide bonds. The van der Waals surface area contributed by atoms with E-state index in [1.165, 1.54) is 29.2 Å². The Morgan fingerprint density at radius 2 is 2.02 bits per heavy atom. The lowest BCUT2D eigenvalue weighted by atomic mass is 9.93. The zero-order valence-electron chi connectivity index (χ0n) is 27.8. The second-order valence-electron chi connectivity index (χ2n) is 13.8. The highest BCUT2D eigenvalue weighted by molar-refractivity contribution is 6.02. The van der Waals surface area contributed by atoms with Crippen molar-refractivity contribution in [3.63, 3.8) is 0 Å². The van der Waals surface area contributed by atoms with Crippen molar-refractivity contribution in [2.75, 3.05) is 45.2 Å². The minimum atomic E-state index is -0.801. The third-order valence-electron chi connectivity index (χ3n) is 10.6. The average molecular weight is 679 g/mol. The van der Waals surface area contributed by atoms with E-state index in [4.69, 9.17) is 16.1 Å². The fourth-order valence-corrected chi connectivity index (χ4v) is 8.19. The number of halogens is 2. The number of amides is 1. The van der Waals surface area contributed by atoms with Crippen LogP contribution in [0.15, 0.2) is 24.3 Å². The topological polar surface area (TPSA) is 120 Å². The molecule has 0 saturated carbocycles. The van der Waals surface area contributed by atoms with Crippen LogP contribution in [-0.4, -0.2) is 105 Å². The minimum Gasteiger partial charge on any atom is -0.508 e. The van der Waals surface area contributed by atoms with Crippen molar-refractivity contribution in [1.29, 1.82) is 0 Å². The number of fused-ring (bicyclic) bond motifs is 6. The number of piperazine rings is 1. The van der Waals surface area contributed by atoms with E-state index < -0.39 is 17.2 Å². The molecule has 4 atom stereocenters. The Labute approximate surface area is 288 Å². The number of carbonyl (C=O) groups excluding carboxylic acids is 1. The first-order valence-electron chi connectivity index (χ1n) is 17.0. The van der Waals surface area contributed by atoms with Crippen LogP contribution in [-0.2, 0) is 4.74 Å². The number of rotatable bonds is 4. The van der Waals surface area contributed by atoms with E-state index >= 15 is 4.39 Å². The van der Waals surface area contributed by atoms with Gasteiger partial charge >= 0.3 is 6.09 Å². The predicted octanol–water partition coefficient (Wildman–Crippen LogP) is 4.19. The van der Waals surface area contributed by atoms with Crippen LogP contribution < -0.4 is 10.2 Å². The molecule has 5 aliphatic heterocycles. The molecule has 13 heteroatoms. The van der Waals surface area contributed by atoms with Crippen LogP contribution in [0.4, 0.5) is 19.4 Å². The van der Waals surface area contributed by atoms with Gasteiger partial charge in [-0.1, -0.05) is 17.9 Å². The van der Waals surface area contributed by atoms with Crippen molar-refractivity contribution in [1.82, 2.24) is 35.3 Å². The molecule has 11 nitrogen and oxygen atoms in total. The predicted molar refractivity (Wildman–Crippen MR) is 183 cm³/mol. The molecule has 0 unspecified atom stereocenters. The van der Waals surface area contributed by atoms with Gasteiger partial charge < -0.3 is 25.0 Å². The normalized spacial score (nSPS) is 24.2. The van der Waals surface area contributed by atoms with Gasteiger partial charge in [0, 0.05) is 62.8 Å². The maximum atomic E-state index is 16.9. The highest BCUT2D eigenvalue weighted by Gasteiger charge is 2.48. The van der Waals surface area contributed by atoms with Gasteiger partial charge in [0.2, 0.25) is 5.82 Å². The molecule has 2 N–H and O–H groups in total. The quantitative estimate of drug-likeness (QED) is 0.304. The zero-order valence-corrected chi connectivity index (χ0v) is 27.8. The average Bonchev–Trinajstić information content (AvgIpc) is 3.69. The Hall–Kier alpha value is -5.11. The number of aromatic nitrogens is 4. The maximum absolute atomic E-state index is 16.9. The molecule has 7 heterocycles. The monoisotopic (exact) mass is 678 g/mol. The summed E-state index contributed by atoms with van der Waals surface area (Å²) in [6.07, 6.45) is 10.7. The smallest absolute Gasteiger partial charge is 0.409 e. The second kappa shape index (κ2) is 12.3. The van der Waals surface area contributed by atoms with Gasteiger partial charge in [0.25, 0.3) is 0 Å². The van der Waals surface area contributed by atoms with Gasteiger partial charge in [-0.3, -0.25) is 4.90 Å². The molecule has 2 aromatic heterocycles. The SMILES string of the molecule is C#Cc1c(F)ccc2cc(O)cc(-c3nnc4c(N5C[C@H]6CC[C@@H]5CN6)nc(C#C[C@]56CCCN5[C@@H](COC(=O)N(C)C)CC6)nc4c3F)c12. The lowest BCUT2D eigenvalue weighted by Gasteiger charge is -2.46. The summed E-state index contributed by atoms with van der Waals surface area (Å²) in [5.74, 6) is 8.06. The van der Waals surface area contributed by atoms with Crippen molar-refractivity contribution in [3.8, 4) is 41.2 Å². The Morgan fingerprint density at radius 1 is 1.16 bits per heavy atom. The summed E-state index contributed by atoms with van der Waals surface area (Å²) >= 11 is 0. The van der Waals surface area contributed by atoms with E-state index in [2.05, 4.69) is 48.1 Å². The van der Waals surface area contributed by atoms with E-state index in [-0.39, 0.29) is 75.6 Å². The molecule has 0 spiro atoms. The molecule has 5 aliphatic rings. The zero-order chi connectivity index (χ0) is 34.7. The van der Waals surface area contributed by atoms with Gasteiger partial charge in [0.1, 0.15) is 29.4 Å². The van der Waals surface area contributed by atoms with Gasteiger partial charge in [-0.2, -0.15) is 0 Å². The number of carbonyl (C=O) groups is 1. The summed E-state index contributed by atoms with van der Waals surface area (Å²) in [7, 11) is 3.31. The summed E-state index contributed by atoms with van der Waals surface area (Å²) < 4.78 is 37.3. The highest BCUT2D eigenvalue weighted by atomic mass is 19.1. The first-order valence-corrected chi connectivity index (χ1v) is 17.0. The van der Waals surface area contributed by atoms with Crippen molar-refractivity contribution >= 4 is 33.7 Å². The van der Waals surface area contributed by atoms with E-state index in [1.807, 2.05) is 0 Å². The number of phenols is 1. The number of piperidine rings is 2. The standard InChI is InChI=1S/C37H36F2N8O3/c1-4-26-28(38)9-6-21-16-25(48)17-27(30(21)26)32-31(39)33-34(44-43-32)35(46-19-22-7-8-23(46)18-40-22)42-29(41-33)11-14-37-12-5-15-47(37)24(10-13-37)20-50-36(49)45(2)3/h1,6,9,16-17,22-24,40,48H,5,7-8,10,12-13,15,18-20H2,2-3H3/t22-,23-,24-,37-/m1/s1. The van der Waals surface area contributed by atoms with Crippen LogP contribution in [0.5, 0.6) is 5.75 Å². The Balaban J connectivity index is 1.25. The lowest BCUT2D eigenvalue weighted by Crippen LogP contribution is -2.61. The molecule has 2 aromatic carbocycles. The molecule has 50 heavy (non-hydrogen) atoms. The molecular weight excluding hydrogens is 642 g/mol. The van der Waals surface area contributed by atoms with E-state index in [0.717, 1.165) is 51.6 Å². The summed E-state index contributed by atoms with van der Waals surface area (Å²) in [4.78, 5) is 27.5. The molecule has 9 rings (SSSR count). The maximum Gasteiger partial charge on any atom is 0.409 e. The van der Waals surface area contributed by atoms with Gasteiger partial charge in [0.15, 0.2) is 17.2 Å². The Morgan fingerprint density at radius 3 is 2.76 bits per heavy atom. The fourth-order valence-electron chi connectivity index (χ4n) is 8.19. The molecular formula is C37H36F2N8O3. The number of ether oxygens (including phenoxy) is 1. The summed E-state index contributed by atoms with van der Waals surface area (Å²) in [6.45, 7) is 2.54. The van der Waals surface area contributed by atoms with E-state index in [0.29, 0.717) is 17.7 Å². The molecule has 256 valence electrons. The number of aromatic hydroxyl groups is 1. The third-order valence-corrected chi connectivity index (χ3v) is 10.6. The molecule has 0 aliphatic carbocycles. The number of hydrogen-bond donors (Lipinski definition) is 2. The molecule has 2 bridgehead atoms. The largest absolute Gasteiger partial charge is 0.508 e. The number of nitrogens with zero attached hydrogens (tertiary/aromatic N) is 7. The number of phenolic OH excluding ortho intramolecular Hbond substituents is 1. The molecule has 4 aromatic rings. The van der Waals surface area contributed by atoms with E-state index in [1.54, 1.807) is 14.1 Å². The van der Waals surface area contributed by atoms with Crippen LogP contribution >= 0.6 is 0 Å². The van der Waals surface area contributed by atoms with Crippen molar-refractivity contribution < 1.29 is 23.4 Å². The van der Waals surface area contributed by atoms with Crippen molar-refractivity contribution in [2.45, 2.75) is 62.2 Å². The third kappa shape index (κ3) is 5.32. The van der Waals surface area contributed by atoms with Gasteiger partial charge in [0.05, 0.1) is 11.1 Å². The molecule has 5 fully saturated rings. The second-order valence-corrected chi connectivity index (χ2v) is 13.8. The highest BCUT2D eigenvalue weighted by Crippen LogP contribution is 2.43. The van der Waals surface area contributed by atoms with Gasteiger partial charge in [-0.15, -0.1) is 16.6 Å². The van der Waals surface area contributed by atoms with Crippen LogP contribution in [0.3, 0.4) is 0 Å². The molecule has 5 saturated heterocycles. The summed E-state index contributed by atoms with van der Waals surface area (Å²) in [5.41, 5.74) is -0.510. The first kappa shape index (κ1) is 32.1. The van der Waals surface area contributed by atoms with Crippen molar-refractivity contribution in [3.05, 3.63) is 47.3 Å². The van der Waals surface area contributed by atoms with Crippen LogP contribution in [0.2, 0.25) is 0 Å². The van der Waals surface area contributed by atoms with Gasteiger partial charge in [-0.25, -0.2) is 23.5 Å². The minimum absolute atomic E-state index is 0.0466. The number of terminal acetylenes is 1. The molecule has 0 radical (unpaired) electrons. The van der Waals surface area contributed by atoms with Crippen molar-refractivity contribution in [2.24, 2.45) is 0 Å². The summed E-state index contributed by atoms with van der Waals surface area (Å²) in [5, 5.41) is 23.5. The Kier molecular flexibility index (Phi) is 7.93. The lowest BCUT2D eigenvalue weighted by molar-refractivity contribution is 0.0794. The number of hydrogen-bond acceptors (Lipinski definition) is 10. The fraction of sp³-hybridized carbons (Fsp3) is 0.432. The van der Waals surface area contributed by atoms with Crippen LogP contribution in [0, 0.1) is 35.8 Å². The van der Waals surface area contributed by atoms with E-state index in [9.17, 15) is 14.3 Å². The Bertz CT molecular complexity index is 2150. The number of nitrogens with one attached hydrogen (secondary N) is 1. The summed E-state index contributed by atoms with van der Waals surface area (Å²) in [6, 6.07) is 5.86. The van der Waals surface area contributed by atoms with Crippen LogP contribution in [0.1, 0.15) is 49.9 Å². The first-order chi connectivity index (χ1) is 24.2. The van der Waals surface area contributed by atoms with Gasteiger partial charge in [-0.05, 0) is 68.0 Å². The number of anilines is 1. The number of benzene rings is 2.